The number of hydrogen-bond donors (Lipinski definition) is 0. The highest BCUT2D eigenvalue weighted by Crippen LogP contribution is 2.26. The maximum Gasteiger partial charge on any atom is 0.218 e. The summed E-state index contributed by atoms with van der Waals surface area (Å²) in [5.41, 5.74) is 2.50. The molecule has 0 bridgehead atoms. The van der Waals surface area contributed by atoms with Crippen LogP contribution in [0.4, 0.5) is 0 Å². The minimum Gasteiger partial charge on any atom is -0.313 e. The van der Waals surface area contributed by atoms with Gasteiger partial charge >= 0.3 is 0 Å². The number of aromatic nitrogens is 3. The highest BCUT2D eigenvalue weighted by atomic mass is 35.5. The van der Waals surface area contributed by atoms with Gasteiger partial charge in [0.2, 0.25) is 10.0 Å². The van der Waals surface area contributed by atoms with Gasteiger partial charge in [0.05, 0.1) is 5.75 Å². The van der Waals surface area contributed by atoms with Crippen LogP contribution in [0.1, 0.15) is 24.7 Å². The minimum atomic E-state index is -3.36. The van der Waals surface area contributed by atoms with Crippen molar-refractivity contribution in [1.82, 2.24) is 18.8 Å². The molecular formula is C20H23ClN4O2S. The second-order valence-electron chi connectivity index (χ2n) is 7.22. The van der Waals surface area contributed by atoms with Gasteiger partial charge in [0, 0.05) is 37.3 Å². The first-order valence-electron chi connectivity index (χ1n) is 9.48. The molecule has 6 nitrogen and oxygen atoms in total. The molecule has 0 radical (unpaired) electrons. The van der Waals surface area contributed by atoms with Gasteiger partial charge in [-0.2, -0.15) is 0 Å². The maximum absolute atomic E-state index is 12.8. The van der Waals surface area contributed by atoms with Gasteiger partial charge in [-0.15, -0.1) is 0 Å². The second kappa shape index (κ2) is 7.81. The highest BCUT2D eigenvalue weighted by molar-refractivity contribution is 7.88. The summed E-state index contributed by atoms with van der Waals surface area (Å²) in [6, 6.07) is 10.9. The Morgan fingerprint density at radius 2 is 2.11 bits per heavy atom. The Bertz CT molecular complexity index is 1100. The molecule has 3 aromatic rings. The van der Waals surface area contributed by atoms with E-state index < -0.39 is 10.0 Å². The fourth-order valence-corrected chi connectivity index (χ4v) is 5.71. The monoisotopic (exact) mass is 418 g/mol. The molecule has 1 aliphatic rings. The number of aryl methyl sites for hydroxylation is 1. The van der Waals surface area contributed by atoms with Crippen LogP contribution in [-0.4, -0.2) is 40.3 Å². The maximum atomic E-state index is 12.8. The summed E-state index contributed by atoms with van der Waals surface area (Å²) in [7, 11) is -3.36. The largest absolute Gasteiger partial charge is 0.313 e. The van der Waals surface area contributed by atoms with Crippen LogP contribution in [0.2, 0.25) is 5.02 Å². The highest BCUT2D eigenvalue weighted by Gasteiger charge is 2.32. The summed E-state index contributed by atoms with van der Waals surface area (Å²) in [6.07, 6.45) is 3.38. The topological polar surface area (TPSA) is 68.1 Å². The molecule has 3 heterocycles. The number of hydrogen-bond acceptors (Lipinski definition) is 4. The standard InChI is InChI=1S/C20H23ClN4O2S/c1-2-25-19(23-18-7-4-9-22-20(18)25)12-15-8-10-24(13-15)28(26,27)14-16-5-3-6-17(21)11-16/h3-7,9,11,15H,2,8,10,12-14H2,1H3. The number of imidazole rings is 1. The zero-order chi connectivity index (χ0) is 19.7. The average Bonchev–Trinajstić information content (AvgIpc) is 3.26. The zero-order valence-corrected chi connectivity index (χ0v) is 17.3. The third-order valence-corrected chi connectivity index (χ3v) is 7.30. The number of halogens is 1. The number of benzene rings is 1. The van der Waals surface area contributed by atoms with Crippen molar-refractivity contribution in [2.45, 2.75) is 32.1 Å². The van der Waals surface area contributed by atoms with Crippen LogP contribution >= 0.6 is 11.6 Å². The van der Waals surface area contributed by atoms with Gasteiger partial charge in [-0.1, -0.05) is 23.7 Å². The molecule has 1 aliphatic heterocycles. The molecule has 1 unspecified atom stereocenters. The third-order valence-electron chi connectivity index (χ3n) is 5.25. The first-order chi connectivity index (χ1) is 13.5. The summed E-state index contributed by atoms with van der Waals surface area (Å²) >= 11 is 5.99. The van der Waals surface area contributed by atoms with E-state index >= 15 is 0 Å². The van der Waals surface area contributed by atoms with Crippen molar-refractivity contribution in [3.8, 4) is 0 Å². The molecule has 0 N–H and O–H groups in total. The Kier molecular flexibility index (Phi) is 5.40. The lowest BCUT2D eigenvalue weighted by molar-refractivity contribution is 0.450. The van der Waals surface area contributed by atoms with Crippen molar-refractivity contribution in [2.24, 2.45) is 5.92 Å². The van der Waals surface area contributed by atoms with E-state index in [1.165, 1.54) is 0 Å². The number of fused-ring (bicyclic) bond motifs is 1. The fraction of sp³-hybridized carbons (Fsp3) is 0.400. The summed E-state index contributed by atoms with van der Waals surface area (Å²) < 4.78 is 29.4. The van der Waals surface area contributed by atoms with Crippen LogP contribution in [0.3, 0.4) is 0 Å². The Morgan fingerprint density at radius 1 is 1.25 bits per heavy atom. The van der Waals surface area contributed by atoms with Gasteiger partial charge in [-0.05, 0) is 49.1 Å². The van der Waals surface area contributed by atoms with Crippen molar-refractivity contribution in [3.63, 3.8) is 0 Å². The van der Waals surface area contributed by atoms with Crippen LogP contribution in [0.15, 0.2) is 42.6 Å². The third kappa shape index (κ3) is 3.92. The summed E-state index contributed by atoms with van der Waals surface area (Å²) in [4.78, 5) is 9.17. The molecule has 148 valence electrons. The first kappa shape index (κ1) is 19.4. The Hall–Kier alpha value is -1.96. The molecule has 1 saturated heterocycles. The Morgan fingerprint density at radius 3 is 2.89 bits per heavy atom. The van der Waals surface area contributed by atoms with Crippen LogP contribution in [0, 0.1) is 5.92 Å². The SMILES string of the molecule is CCn1c(CC2CCN(S(=O)(=O)Cc3cccc(Cl)c3)C2)nc2cccnc21. The average molecular weight is 419 g/mol. The predicted molar refractivity (Wildman–Crippen MR) is 111 cm³/mol. The number of rotatable bonds is 6. The van der Waals surface area contributed by atoms with Crippen LogP contribution in [0.25, 0.3) is 11.2 Å². The van der Waals surface area contributed by atoms with Gasteiger partial charge in [-0.25, -0.2) is 22.7 Å². The summed E-state index contributed by atoms with van der Waals surface area (Å²) in [5.74, 6) is 1.23. The van der Waals surface area contributed by atoms with E-state index in [1.807, 2.05) is 12.1 Å². The van der Waals surface area contributed by atoms with E-state index in [9.17, 15) is 8.42 Å². The van der Waals surface area contributed by atoms with Gasteiger partial charge in [-0.3, -0.25) is 0 Å². The second-order valence-corrected chi connectivity index (χ2v) is 9.63. The van der Waals surface area contributed by atoms with Gasteiger partial charge < -0.3 is 4.57 Å². The number of pyridine rings is 1. The molecule has 1 fully saturated rings. The van der Waals surface area contributed by atoms with Crippen molar-refractivity contribution >= 4 is 32.8 Å². The van der Waals surface area contributed by atoms with E-state index in [0.717, 1.165) is 41.9 Å². The fourth-order valence-electron chi connectivity index (χ4n) is 3.90. The lowest BCUT2D eigenvalue weighted by Crippen LogP contribution is -2.30. The molecule has 0 spiro atoms. The van der Waals surface area contributed by atoms with E-state index in [4.69, 9.17) is 16.6 Å². The molecule has 28 heavy (non-hydrogen) atoms. The van der Waals surface area contributed by atoms with E-state index in [-0.39, 0.29) is 11.7 Å². The van der Waals surface area contributed by atoms with E-state index in [0.29, 0.717) is 18.1 Å². The van der Waals surface area contributed by atoms with Crippen LogP contribution in [0.5, 0.6) is 0 Å². The number of sulfonamides is 1. The van der Waals surface area contributed by atoms with Gasteiger partial charge in [0.25, 0.3) is 0 Å². The first-order valence-corrected chi connectivity index (χ1v) is 11.5. The molecular weight excluding hydrogens is 396 g/mol. The van der Waals surface area contributed by atoms with Crippen molar-refractivity contribution < 1.29 is 8.42 Å². The predicted octanol–water partition coefficient (Wildman–Crippen LogP) is 3.50. The zero-order valence-electron chi connectivity index (χ0n) is 15.8. The molecule has 2 aromatic heterocycles. The lowest BCUT2D eigenvalue weighted by Gasteiger charge is -2.17. The van der Waals surface area contributed by atoms with Crippen molar-refractivity contribution in [3.05, 3.63) is 59.0 Å². The molecule has 0 amide bonds. The number of nitrogens with zero attached hydrogens (tertiary/aromatic N) is 4. The molecule has 4 rings (SSSR count). The lowest BCUT2D eigenvalue weighted by atomic mass is 10.0. The summed E-state index contributed by atoms with van der Waals surface area (Å²) in [5, 5.41) is 0.555. The minimum absolute atomic E-state index is 0.0162. The smallest absolute Gasteiger partial charge is 0.218 e. The molecule has 0 saturated carbocycles. The van der Waals surface area contributed by atoms with Crippen LogP contribution in [-0.2, 0) is 28.7 Å². The van der Waals surface area contributed by atoms with Gasteiger partial charge in [0.1, 0.15) is 11.3 Å². The van der Waals surface area contributed by atoms with Crippen molar-refractivity contribution in [1.29, 1.82) is 0 Å². The van der Waals surface area contributed by atoms with E-state index in [2.05, 4.69) is 16.5 Å². The Balaban J connectivity index is 1.47. The van der Waals surface area contributed by atoms with Crippen molar-refractivity contribution in [2.75, 3.05) is 13.1 Å². The van der Waals surface area contributed by atoms with Crippen LogP contribution < -0.4 is 0 Å². The van der Waals surface area contributed by atoms with Gasteiger partial charge in [0.15, 0.2) is 5.65 Å². The quantitative estimate of drug-likeness (QED) is 0.614. The Labute approximate surface area is 170 Å². The molecule has 1 aromatic carbocycles. The normalized spacial score (nSPS) is 18.1. The molecule has 0 aliphatic carbocycles. The summed E-state index contributed by atoms with van der Waals surface area (Å²) in [6.45, 7) is 3.96. The molecule has 8 heteroatoms. The molecule has 1 atom stereocenters. The van der Waals surface area contributed by atoms with E-state index in [1.54, 1.807) is 34.8 Å².